The minimum Gasteiger partial charge on any atom is -0.382 e. The average Bonchev–Trinajstić information content (AvgIpc) is 3.76. The summed E-state index contributed by atoms with van der Waals surface area (Å²) >= 11 is 9.96. The number of ether oxygens (including phenoxy) is 1. The zero-order valence-corrected chi connectivity index (χ0v) is 26.3. The van der Waals surface area contributed by atoms with Crippen molar-refractivity contribution < 1.29 is 33.0 Å². The molecule has 2 fully saturated rings. The summed E-state index contributed by atoms with van der Waals surface area (Å²) in [6.07, 6.45) is 11.1. The van der Waals surface area contributed by atoms with E-state index in [4.69, 9.17) is 35.8 Å². The third kappa shape index (κ3) is 5.90. The van der Waals surface area contributed by atoms with Crippen molar-refractivity contribution in [3.63, 3.8) is 0 Å². The smallest absolute Gasteiger partial charge is 0.324 e. The number of aromatic nitrogens is 9. The first-order valence-electron chi connectivity index (χ1n) is 13.6. The molecule has 5 aromatic rings. The van der Waals surface area contributed by atoms with Gasteiger partial charge in [0.15, 0.2) is 28.3 Å². The molecule has 1 saturated carbocycles. The van der Waals surface area contributed by atoms with Gasteiger partial charge in [0.1, 0.15) is 24.4 Å². The SMILES string of the molecule is Nc1ncnc2c1ncn2[C@H]1CC[C@@H](COP(O)(=S)OC[C@@H]2[C@@H](COP(O)(O)=S)C[C@H]2n2cnc3c2ncn2ccnc32)O1. The molecule has 44 heavy (non-hydrogen) atoms. The van der Waals surface area contributed by atoms with Gasteiger partial charge in [0.05, 0.1) is 38.6 Å². The Morgan fingerprint density at radius 2 is 1.64 bits per heavy atom. The predicted molar refractivity (Wildman–Crippen MR) is 163 cm³/mol. The Kier molecular flexibility index (Phi) is 7.99. The topological polar surface area (TPSA) is 215 Å². The summed E-state index contributed by atoms with van der Waals surface area (Å²) in [5.74, 6) is -0.121. The van der Waals surface area contributed by atoms with Gasteiger partial charge >= 0.3 is 13.4 Å². The summed E-state index contributed by atoms with van der Waals surface area (Å²) in [4.78, 5) is 56.1. The molecule has 5 N–H and O–H groups in total. The molecule has 6 atom stereocenters. The van der Waals surface area contributed by atoms with E-state index in [2.05, 4.69) is 41.7 Å². The Bertz CT molecular complexity index is 1930. The molecule has 0 aromatic carbocycles. The van der Waals surface area contributed by atoms with Crippen LogP contribution in [0.4, 0.5) is 5.82 Å². The average molecular weight is 683 g/mol. The van der Waals surface area contributed by atoms with Crippen molar-refractivity contribution in [1.82, 2.24) is 43.4 Å². The third-order valence-corrected chi connectivity index (χ3v) is 10.4. The van der Waals surface area contributed by atoms with Crippen molar-refractivity contribution >= 4 is 70.8 Å². The van der Waals surface area contributed by atoms with Gasteiger partial charge in [-0.15, -0.1) is 0 Å². The molecule has 0 spiro atoms. The fourth-order valence-corrected chi connectivity index (χ4v) is 7.53. The molecule has 5 aromatic heterocycles. The highest BCUT2D eigenvalue weighted by atomic mass is 32.5. The second-order valence-electron chi connectivity index (χ2n) is 10.7. The van der Waals surface area contributed by atoms with E-state index < -0.39 is 13.4 Å². The van der Waals surface area contributed by atoms with Crippen molar-refractivity contribution in [2.75, 3.05) is 25.6 Å². The van der Waals surface area contributed by atoms with E-state index >= 15 is 0 Å². The molecule has 1 saturated heterocycles. The van der Waals surface area contributed by atoms with Crippen LogP contribution < -0.4 is 5.73 Å². The number of hydrogen-bond donors (Lipinski definition) is 4. The molecular weight excluding hydrogens is 654 g/mol. The minimum absolute atomic E-state index is 0.00529. The van der Waals surface area contributed by atoms with E-state index in [1.165, 1.54) is 6.33 Å². The Hall–Kier alpha value is -2.54. The number of anilines is 1. The summed E-state index contributed by atoms with van der Waals surface area (Å²) in [6.45, 7) is -7.46. The van der Waals surface area contributed by atoms with E-state index in [1.54, 1.807) is 40.3 Å². The largest absolute Gasteiger partial charge is 0.382 e. The maximum Gasteiger partial charge on any atom is 0.324 e. The summed E-state index contributed by atoms with van der Waals surface area (Å²) < 4.78 is 28.3. The standard InChI is InChI=1S/C23H28N10O7P2S2/c24-20-18-22(27-9-26-20)33(12-28-18)17-2-1-14(40-17)7-38-42(36,44)39-8-15-13(6-37-41(34,35)43)5-16(15)32-11-29-19-21-25-3-4-31(21)10-30-23(19)32/h3-4,9-17H,1-2,5-8H2,(H,36,44)(H2,24,26,27)(H2,34,35,43)/t13-,14+,15-,16-,17-,42?/m1/s1. The highest BCUT2D eigenvalue weighted by molar-refractivity contribution is 8.07. The molecular formula is C23H28N10O7P2S2. The van der Waals surface area contributed by atoms with Crippen LogP contribution in [0.15, 0.2) is 37.7 Å². The maximum atomic E-state index is 10.9. The summed E-state index contributed by atoms with van der Waals surface area (Å²) in [5, 5.41) is 0. The summed E-state index contributed by atoms with van der Waals surface area (Å²) in [7, 11) is 0. The molecule has 1 unspecified atom stereocenters. The molecule has 234 valence electrons. The second kappa shape index (κ2) is 11.7. The summed E-state index contributed by atoms with van der Waals surface area (Å²) in [6, 6.07) is -0.148. The number of rotatable bonds is 11. The molecule has 0 radical (unpaired) electrons. The van der Waals surface area contributed by atoms with Gasteiger partial charge < -0.3 is 43.3 Å². The number of nitrogens with zero attached hydrogens (tertiary/aromatic N) is 9. The third-order valence-electron chi connectivity index (χ3n) is 8.05. The number of fused-ring (bicyclic) bond motifs is 4. The monoisotopic (exact) mass is 682 g/mol. The van der Waals surface area contributed by atoms with Crippen LogP contribution >= 0.6 is 13.4 Å². The number of nitrogen functional groups attached to an aromatic ring is 1. The quantitative estimate of drug-likeness (QED) is 0.146. The van der Waals surface area contributed by atoms with Crippen LogP contribution in [0.5, 0.6) is 0 Å². The Balaban J connectivity index is 1.00. The van der Waals surface area contributed by atoms with Crippen molar-refractivity contribution in [3.8, 4) is 0 Å². The Morgan fingerprint density at radius 3 is 2.48 bits per heavy atom. The van der Waals surface area contributed by atoms with Crippen molar-refractivity contribution in [3.05, 3.63) is 37.7 Å². The first kappa shape index (κ1) is 30.1. The van der Waals surface area contributed by atoms with Crippen molar-refractivity contribution in [2.45, 2.75) is 37.6 Å². The van der Waals surface area contributed by atoms with Crippen molar-refractivity contribution in [2.24, 2.45) is 11.8 Å². The molecule has 6 heterocycles. The maximum absolute atomic E-state index is 10.9. The highest BCUT2D eigenvalue weighted by Crippen LogP contribution is 2.52. The van der Waals surface area contributed by atoms with E-state index in [-0.39, 0.29) is 55.8 Å². The number of imidazole rings is 3. The normalized spacial score (nSPS) is 25.6. The van der Waals surface area contributed by atoms with Gasteiger partial charge in [-0.2, -0.15) is 0 Å². The Morgan fingerprint density at radius 1 is 0.864 bits per heavy atom. The predicted octanol–water partition coefficient (Wildman–Crippen LogP) is 1.83. The zero-order chi connectivity index (χ0) is 30.6. The van der Waals surface area contributed by atoms with Gasteiger partial charge in [-0.25, -0.2) is 29.9 Å². The highest BCUT2D eigenvalue weighted by Gasteiger charge is 2.44. The lowest BCUT2D eigenvalue weighted by molar-refractivity contribution is -0.0246. The van der Waals surface area contributed by atoms with Crippen LogP contribution in [0.2, 0.25) is 0 Å². The lowest BCUT2D eigenvalue weighted by Crippen LogP contribution is -2.43. The van der Waals surface area contributed by atoms with Crippen LogP contribution in [0.1, 0.15) is 31.5 Å². The molecule has 0 bridgehead atoms. The first-order chi connectivity index (χ1) is 21.1. The molecule has 1 aliphatic heterocycles. The van der Waals surface area contributed by atoms with Gasteiger partial charge in [0, 0.05) is 24.4 Å². The fourth-order valence-electron chi connectivity index (χ4n) is 5.81. The number of hydrogen-bond acceptors (Lipinski definition) is 13. The van der Waals surface area contributed by atoms with Crippen LogP contribution in [-0.4, -0.2) is 84.0 Å². The van der Waals surface area contributed by atoms with Crippen LogP contribution in [-0.2, 0) is 41.9 Å². The van der Waals surface area contributed by atoms with E-state index in [1.807, 2.05) is 4.57 Å². The summed E-state index contributed by atoms with van der Waals surface area (Å²) in [5.41, 5.74) is 8.92. The van der Waals surface area contributed by atoms with Crippen LogP contribution in [0.3, 0.4) is 0 Å². The van der Waals surface area contributed by atoms with E-state index in [9.17, 15) is 14.7 Å². The first-order valence-corrected chi connectivity index (χ1v) is 18.8. The van der Waals surface area contributed by atoms with Crippen LogP contribution in [0, 0.1) is 11.8 Å². The molecule has 1 aliphatic carbocycles. The minimum atomic E-state index is -3.85. The second-order valence-corrected chi connectivity index (χ2v) is 16.2. The van der Waals surface area contributed by atoms with Crippen LogP contribution in [0.25, 0.3) is 28.0 Å². The molecule has 21 heteroatoms. The lowest BCUT2D eigenvalue weighted by Gasteiger charge is -2.45. The number of nitrogens with two attached hydrogens (primary N) is 1. The van der Waals surface area contributed by atoms with Gasteiger partial charge in [-0.05, 0) is 48.8 Å². The molecule has 0 amide bonds. The zero-order valence-electron chi connectivity index (χ0n) is 22.9. The fraction of sp³-hybridized carbons (Fsp3) is 0.478. The van der Waals surface area contributed by atoms with Crippen molar-refractivity contribution in [1.29, 1.82) is 0 Å². The van der Waals surface area contributed by atoms with Gasteiger partial charge in [-0.1, -0.05) is 0 Å². The Labute approximate surface area is 259 Å². The molecule has 7 rings (SSSR count). The van der Waals surface area contributed by atoms with Gasteiger partial charge in [-0.3, -0.25) is 8.97 Å². The molecule has 17 nitrogen and oxygen atoms in total. The van der Waals surface area contributed by atoms with Gasteiger partial charge in [0.25, 0.3) is 0 Å². The molecule has 2 aliphatic rings. The van der Waals surface area contributed by atoms with E-state index in [0.29, 0.717) is 47.2 Å². The van der Waals surface area contributed by atoms with Gasteiger partial charge in [0.2, 0.25) is 0 Å². The lowest BCUT2D eigenvalue weighted by atomic mass is 9.70. The van der Waals surface area contributed by atoms with E-state index in [0.717, 1.165) is 0 Å².